The number of carbonyl (C=O) groups is 2. The minimum atomic E-state index is -4.12. The summed E-state index contributed by atoms with van der Waals surface area (Å²) in [5, 5.41) is 2.95. The van der Waals surface area contributed by atoms with Crippen molar-refractivity contribution in [3.63, 3.8) is 0 Å². The van der Waals surface area contributed by atoms with Gasteiger partial charge in [-0.3, -0.25) is 13.9 Å². The molecule has 0 spiro atoms. The lowest BCUT2D eigenvalue weighted by atomic mass is 10.1. The van der Waals surface area contributed by atoms with Crippen LogP contribution in [0.3, 0.4) is 0 Å². The summed E-state index contributed by atoms with van der Waals surface area (Å²) in [4.78, 5) is 29.0. The molecule has 0 aliphatic carbocycles. The van der Waals surface area contributed by atoms with Crippen LogP contribution in [-0.2, 0) is 26.2 Å². The van der Waals surface area contributed by atoms with Gasteiger partial charge in [-0.15, -0.1) is 0 Å². The second-order valence-electron chi connectivity index (χ2n) is 10.1. The minimum absolute atomic E-state index is 0.0707. The molecule has 3 rings (SSSR count). The van der Waals surface area contributed by atoms with Gasteiger partial charge in [0.15, 0.2) is 0 Å². The van der Waals surface area contributed by atoms with Gasteiger partial charge in [-0.2, -0.15) is 0 Å². The lowest BCUT2D eigenvalue weighted by molar-refractivity contribution is -0.140. The number of nitrogens with zero attached hydrogens (tertiary/aromatic N) is 2. The molecule has 3 aromatic rings. The van der Waals surface area contributed by atoms with E-state index in [2.05, 4.69) is 5.32 Å². The first kappa shape index (κ1) is 31.7. The molecule has 0 bridgehead atoms. The number of rotatable bonds is 14. The molecule has 3 aromatic carbocycles. The van der Waals surface area contributed by atoms with Crippen LogP contribution in [0, 0.1) is 13.8 Å². The van der Waals surface area contributed by atoms with Crippen molar-refractivity contribution >= 4 is 27.5 Å². The van der Waals surface area contributed by atoms with Gasteiger partial charge in [-0.25, -0.2) is 8.42 Å². The quantitative estimate of drug-likeness (QED) is 0.264. The van der Waals surface area contributed by atoms with Gasteiger partial charge in [0.2, 0.25) is 11.8 Å². The fraction of sp³-hybridized carbons (Fsp3) is 0.375. The average Bonchev–Trinajstić information content (AvgIpc) is 2.96. The lowest BCUT2D eigenvalue weighted by Crippen LogP contribution is -2.52. The summed E-state index contributed by atoms with van der Waals surface area (Å²) >= 11 is 0. The van der Waals surface area contributed by atoms with Gasteiger partial charge in [0, 0.05) is 13.1 Å². The largest absolute Gasteiger partial charge is 0.497 e. The number of amides is 2. The molecule has 0 radical (unpaired) electrons. The zero-order chi connectivity index (χ0) is 30.0. The first-order valence-electron chi connectivity index (χ1n) is 14.0. The highest BCUT2D eigenvalue weighted by molar-refractivity contribution is 7.92. The molecule has 0 aliphatic rings. The summed E-state index contributed by atoms with van der Waals surface area (Å²) in [6.07, 6.45) is 2.13. The van der Waals surface area contributed by atoms with Gasteiger partial charge in [-0.1, -0.05) is 67.8 Å². The third kappa shape index (κ3) is 8.33. The predicted octanol–water partition coefficient (Wildman–Crippen LogP) is 5.23. The lowest BCUT2D eigenvalue weighted by Gasteiger charge is -2.33. The van der Waals surface area contributed by atoms with Crippen LogP contribution in [0.4, 0.5) is 5.69 Å². The Morgan fingerprint density at radius 3 is 2.20 bits per heavy atom. The van der Waals surface area contributed by atoms with Gasteiger partial charge in [0.1, 0.15) is 18.3 Å². The Morgan fingerprint density at radius 1 is 0.927 bits per heavy atom. The second-order valence-corrected chi connectivity index (χ2v) is 12.0. The fourth-order valence-electron chi connectivity index (χ4n) is 4.55. The zero-order valence-corrected chi connectivity index (χ0v) is 25.4. The first-order valence-corrected chi connectivity index (χ1v) is 15.4. The number of methoxy groups -OCH3 is 1. The van der Waals surface area contributed by atoms with E-state index in [-0.39, 0.29) is 17.3 Å². The Labute approximate surface area is 244 Å². The fourth-order valence-corrected chi connectivity index (χ4v) is 5.96. The van der Waals surface area contributed by atoms with Crippen LogP contribution >= 0.6 is 0 Å². The molecule has 9 heteroatoms. The van der Waals surface area contributed by atoms with E-state index in [9.17, 15) is 18.0 Å². The normalized spacial score (nSPS) is 11.9. The van der Waals surface area contributed by atoms with Crippen molar-refractivity contribution in [3.8, 4) is 5.75 Å². The van der Waals surface area contributed by atoms with Crippen LogP contribution in [-0.4, -0.2) is 51.4 Å². The first-order chi connectivity index (χ1) is 19.6. The van der Waals surface area contributed by atoms with Crippen molar-refractivity contribution < 1.29 is 22.7 Å². The second kappa shape index (κ2) is 14.7. The van der Waals surface area contributed by atoms with Gasteiger partial charge in [0.05, 0.1) is 17.7 Å². The van der Waals surface area contributed by atoms with E-state index in [1.807, 2.05) is 52.0 Å². The molecule has 0 aromatic heterocycles. The molecule has 2 amide bonds. The maximum absolute atomic E-state index is 14.1. The highest BCUT2D eigenvalue weighted by Crippen LogP contribution is 2.27. The molecule has 0 saturated heterocycles. The van der Waals surface area contributed by atoms with Crippen LogP contribution < -0.4 is 14.4 Å². The van der Waals surface area contributed by atoms with Crippen molar-refractivity contribution in [1.29, 1.82) is 0 Å². The number of aryl methyl sites for hydroxylation is 2. The van der Waals surface area contributed by atoms with E-state index in [1.165, 1.54) is 24.1 Å². The summed E-state index contributed by atoms with van der Waals surface area (Å²) in [7, 11) is -2.60. The van der Waals surface area contributed by atoms with Crippen molar-refractivity contribution in [2.45, 2.75) is 64.4 Å². The standard InChI is InChI=1S/C32H41N3O5S/c1-6-8-20-33-32(37)30(7-2)34(22-26-11-9-10-25(4)21-26)31(36)23-35(27-14-16-28(40-5)17-15-27)41(38,39)29-18-12-24(3)13-19-29/h9-19,21,30H,6-8,20,22-23H2,1-5H3,(H,33,37). The van der Waals surface area contributed by atoms with Gasteiger partial charge >= 0.3 is 0 Å². The Hall–Kier alpha value is -3.85. The van der Waals surface area contributed by atoms with E-state index >= 15 is 0 Å². The molecule has 41 heavy (non-hydrogen) atoms. The Kier molecular flexibility index (Phi) is 11.3. The molecule has 0 saturated carbocycles. The SMILES string of the molecule is CCCCNC(=O)C(CC)N(Cc1cccc(C)c1)C(=O)CN(c1ccc(OC)cc1)S(=O)(=O)c1ccc(C)cc1. The van der Waals surface area contributed by atoms with Crippen LogP contribution in [0.15, 0.2) is 77.7 Å². The van der Waals surface area contributed by atoms with Crippen LogP contribution in [0.25, 0.3) is 0 Å². The Bertz CT molecular complexity index is 1410. The van der Waals surface area contributed by atoms with E-state index < -0.39 is 28.5 Å². The number of ether oxygens (including phenoxy) is 1. The molecular formula is C32H41N3O5S. The number of nitrogens with one attached hydrogen (secondary N) is 1. The van der Waals surface area contributed by atoms with E-state index in [1.54, 1.807) is 36.4 Å². The molecular weight excluding hydrogens is 538 g/mol. The summed E-state index contributed by atoms with van der Waals surface area (Å²) < 4.78 is 34.3. The van der Waals surface area contributed by atoms with E-state index in [4.69, 9.17) is 4.74 Å². The number of hydrogen-bond donors (Lipinski definition) is 1. The minimum Gasteiger partial charge on any atom is -0.497 e. The van der Waals surface area contributed by atoms with Crippen LogP contribution in [0.2, 0.25) is 0 Å². The molecule has 0 heterocycles. The monoisotopic (exact) mass is 579 g/mol. The smallest absolute Gasteiger partial charge is 0.264 e. The number of unbranched alkanes of at least 4 members (excludes halogenated alkanes) is 1. The van der Waals surface area contributed by atoms with Crippen molar-refractivity contribution in [3.05, 3.63) is 89.5 Å². The summed E-state index contributed by atoms with van der Waals surface area (Å²) in [6.45, 7) is 7.93. The van der Waals surface area contributed by atoms with Gasteiger partial charge < -0.3 is 15.0 Å². The van der Waals surface area contributed by atoms with Crippen molar-refractivity contribution in [2.24, 2.45) is 0 Å². The molecule has 220 valence electrons. The van der Waals surface area contributed by atoms with Gasteiger partial charge in [-0.05, 0) is 68.7 Å². The van der Waals surface area contributed by atoms with E-state index in [0.717, 1.165) is 33.8 Å². The topological polar surface area (TPSA) is 96.0 Å². The molecule has 0 fully saturated rings. The van der Waals surface area contributed by atoms with E-state index in [0.29, 0.717) is 24.4 Å². The average molecular weight is 580 g/mol. The maximum atomic E-state index is 14.1. The summed E-state index contributed by atoms with van der Waals surface area (Å²) in [5.74, 6) is -0.168. The predicted molar refractivity (Wildman–Crippen MR) is 162 cm³/mol. The third-order valence-electron chi connectivity index (χ3n) is 6.90. The number of anilines is 1. The highest BCUT2D eigenvalue weighted by atomic mass is 32.2. The van der Waals surface area contributed by atoms with Crippen molar-refractivity contribution in [2.75, 3.05) is 24.5 Å². The number of benzene rings is 3. The maximum Gasteiger partial charge on any atom is 0.264 e. The third-order valence-corrected chi connectivity index (χ3v) is 8.69. The van der Waals surface area contributed by atoms with Gasteiger partial charge in [0.25, 0.3) is 10.0 Å². The summed E-state index contributed by atoms with van der Waals surface area (Å²) in [5.41, 5.74) is 3.11. The molecule has 0 aliphatic heterocycles. The molecule has 1 unspecified atom stereocenters. The highest BCUT2D eigenvalue weighted by Gasteiger charge is 2.33. The summed E-state index contributed by atoms with van der Waals surface area (Å²) in [6, 6.07) is 20.0. The van der Waals surface area contributed by atoms with Crippen molar-refractivity contribution in [1.82, 2.24) is 10.2 Å². The molecule has 1 N–H and O–H groups in total. The number of sulfonamides is 1. The Balaban J connectivity index is 2.04. The molecule has 8 nitrogen and oxygen atoms in total. The van der Waals surface area contributed by atoms with Crippen LogP contribution in [0.1, 0.15) is 49.8 Å². The Morgan fingerprint density at radius 2 is 1.61 bits per heavy atom. The number of hydrogen-bond acceptors (Lipinski definition) is 5. The number of carbonyl (C=O) groups excluding carboxylic acids is 2. The van der Waals surface area contributed by atoms with Crippen LogP contribution in [0.5, 0.6) is 5.75 Å². The zero-order valence-electron chi connectivity index (χ0n) is 24.6. The molecule has 1 atom stereocenters.